The second-order valence-corrected chi connectivity index (χ2v) is 16.9. The smallest absolute Gasteiger partial charge is 1.00 e. The molecule has 0 bridgehead atoms. The quantitative estimate of drug-likeness (QED) is 0.146. The van der Waals surface area contributed by atoms with E-state index in [1.165, 1.54) is 73.8 Å². The Kier molecular flexibility index (Phi) is 15.6. The summed E-state index contributed by atoms with van der Waals surface area (Å²) < 4.78 is 0. The molecule has 0 N–H and O–H groups in total. The molecule has 0 spiro atoms. The average Bonchev–Trinajstić information content (AvgIpc) is 3.30. The number of hydrogen-bond donors (Lipinski definition) is 0. The first-order valence-corrected chi connectivity index (χ1v) is 16.7. The predicted octanol–water partition coefficient (Wildman–Crippen LogP) is 0.364. The molecular weight excluding hydrogens is 615 g/mol. The molecule has 0 aliphatic rings. The molecule has 218 valence electrons. The molecule has 0 unspecified atom stereocenters. The molecule has 41 heavy (non-hydrogen) atoms. The third-order valence-electron chi connectivity index (χ3n) is 8.79. The Balaban J connectivity index is 0.00000400. The molecule has 0 heterocycles. The van der Waals surface area contributed by atoms with Gasteiger partial charge in [0, 0.05) is 13.5 Å². The first-order chi connectivity index (χ1) is 17.6. The van der Waals surface area contributed by atoms with Crippen molar-refractivity contribution in [1.82, 2.24) is 0 Å². The summed E-state index contributed by atoms with van der Waals surface area (Å²) in [6, 6.07) is 32.9. The van der Waals surface area contributed by atoms with Crippen molar-refractivity contribution in [3.63, 3.8) is 0 Å². The van der Waals surface area contributed by atoms with Crippen LogP contribution < -0.4 is 42.4 Å². The van der Waals surface area contributed by atoms with Gasteiger partial charge in [-0.1, -0.05) is 127 Å². The minimum absolute atomic E-state index is 0. The van der Waals surface area contributed by atoms with Gasteiger partial charge in [-0.05, 0) is 58.2 Å². The third-order valence-corrected chi connectivity index (χ3v) is 14.4. The second-order valence-electron chi connectivity index (χ2n) is 11.6. The average molecular weight is 660 g/mol. The van der Waals surface area contributed by atoms with Crippen LogP contribution >= 0.6 is 0 Å². The summed E-state index contributed by atoms with van der Waals surface area (Å²) in [4.78, 5) is 0. The number of hydrogen-bond acceptors (Lipinski definition) is 0. The fraction of sp³-hybridized carbons (Fsp3) is 0.361. The molecular formula is C36H45Cl3SiTi. The van der Waals surface area contributed by atoms with Gasteiger partial charge in [0.2, 0.25) is 0 Å². The maximum atomic E-state index is 2.61. The van der Waals surface area contributed by atoms with Crippen LogP contribution in [0.2, 0.25) is 18.1 Å². The maximum absolute atomic E-state index is 2.61. The fourth-order valence-corrected chi connectivity index (χ4v) is 10.6. The van der Waals surface area contributed by atoms with Crippen LogP contribution in [0.4, 0.5) is 0 Å². The first kappa shape index (κ1) is 39.8. The molecule has 0 radical (unpaired) electrons. The van der Waals surface area contributed by atoms with E-state index in [0.29, 0.717) is 0 Å². The van der Waals surface area contributed by atoms with Crippen molar-refractivity contribution in [3.05, 3.63) is 128 Å². The molecule has 0 nitrogen and oxygen atoms in total. The van der Waals surface area contributed by atoms with Crippen molar-refractivity contribution in [2.75, 3.05) is 0 Å². The van der Waals surface area contributed by atoms with E-state index in [4.69, 9.17) is 0 Å². The van der Waals surface area contributed by atoms with Gasteiger partial charge in [-0.3, -0.25) is 0 Å². The van der Waals surface area contributed by atoms with Crippen molar-refractivity contribution in [3.8, 4) is 0 Å². The summed E-state index contributed by atoms with van der Waals surface area (Å²) in [5.41, 5.74) is 13.1. The van der Waals surface area contributed by atoms with Crippen molar-refractivity contribution >= 4 is 13.3 Å². The molecule has 0 aliphatic heterocycles. The van der Waals surface area contributed by atoms with E-state index >= 15 is 0 Å². The van der Waals surface area contributed by atoms with Crippen LogP contribution in [0.5, 0.6) is 0 Å². The van der Waals surface area contributed by atoms with Gasteiger partial charge in [-0.25, -0.2) is 6.07 Å². The molecule has 0 atom stereocenters. The van der Waals surface area contributed by atoms with Crippen LogP contribution in [-0.4, -0.2) is 8.07 Å². The number of halogens is 3. The minimum atomic E-state index is -1.52. The summed E-state index contributed by atoms with van der Waals surface area (Å²) in [5.74, 6) is 0. The van der Waals surface area contributed by atoms with E-state index < -0.39 is 8.07 Å². The summed E-state index contributed by atoms with van der Waals surface area (Å²) in [6.45, 7) is 20.7. The monoisotopic (exact) mass is 658 g/mol. The topological polar surface area (TPSA) is 0 Å². The van der Waals surface area contributed by atoms with Gasteiger partial charge in [0.05, 0.1) is 0 Å². The Morgan fingerprint density at radius 3 is 1.07 bits per heavy atom. The van der Waals surface area contributed by atoms with Crippen molar-refractivity contribution in [1.29, 1.82) is 0 Å². The van der Waals surface area contributed by atoms with E-state index in [0.717, 1.165) is 0 Å². The van der Waals surface area contributed by atoms with E-state index in [1.54, 1.807) is 5.19 Å². The zero-order valence-corrected chi connectivity index (χ0v) is 31.0. The zero-order chi connectivity index (χ0) is 27.0. The van der Waals surface area contributed by atoms with Crippen molar-refractivity contribution in [2.24, 2.45) is 0 Å². The molecule has 0 amide bonds. The van der Waals surface area contributed by atoms with Crippen LogP contribution in [-0.2, 0) is 27.1 Å². The number of rotatable bonds is 8. The Labute approximate surface area is 284 Å². The molecule has 4 rings (SSSR count). The van der Waals surface area contributed by atoms with Crippen molar-refractivity contribution < 1.29 is 58.9 Å². The number of aryl methyl sites for hydroxylation is 6. The molecule has 5 heteroatoms. The molecule has 0 fully saturated rings. The van der Waals surface area contributed by atoms with Gasteiger partial charge in [-0.15, -0.1) is 0 Å². The summed E-state index contributed by atoms with van der Waals surface area (Å²) in [6.07, 6.45) is 0. The Hall–Kier alpha value is -1.19. The zero-order valence-electron chi connectivity index (χ0n) is 26.2. The molecule has 0 saturated heterocycles. The summed E-state index contributed by atoms with van der Waals surface area (Å²) in [7, 11) is -1.52. The van der Waals surface area contributed by atoms with Crippen LogP contribution in [0.15, 0.2) is 72.8 Å². The largest absolute Gasteiger partial charge is 4.00 e. The normalized spacial score (nSPS) is 11.0. The van der Waals surface area contributed by atoms with E-state index in [-0.39, 0.29) is 64.4 Å². The van der Waals surface area contributed by atoms with E-state index in [9.17, 15) is 0 Å². The van der Waals surface area contributed by atoms with Crippen LogP contribution in [0.3, 0.4) is 0 Å². The van der Waals surface area contributed by atoms with Crippen LogP contribution in [0, 0.1) is 41.5 Å². The fourth-order valence-electron chi connectivity index (χ4n) is 6.94. The first-order valence-electron chi connectivity index (χ1n) is 14.1. The van der Waals surface area contributed by atoms with Gasteiger partial charge in [0.1, 0.15) is 0 Å². The predicted molar refractivity (Wildman–Crippen MR) is 166 cm³/mol. The number of benzene rings is 3. The van der Waals surface area contributed by atoms with Gasteiger partial charge < -0.3 is 37.2 Å². The van der Waals surface area contributed by atoms with E-state index in [2.05, 4.69) is 135 Å². The summed E-state index contributed by atoms with van der Waals surface area (Å²) in [5, 5.41) is 1.62. The molecule has 4 aromatic rings. The molecule has 4 aromatic carbocycles. The van der Waals surface area contributed by atoms with Crippen LogP contribution in [0.1, 0.15) is 76.4 Å². The van der Waals surface area contributed by atoms with Crippen LogP contribution in [0.25, 0.3) is 0 Å². The van der Waals surface area contributed by atoms with Gasteiger partial charge in [-0.2, -0.15) is 22.9 Å². The maximum Gasteiger partial charge on any atom is 4.00 e. The minimum Gasteiger partial charge on any atom is -1.00 e. The second kappa shape index (κ2) is 16.0. The van der Waals surface area contributed by atoms with Gasteiger partial charge in [0.15, 0.2) is 0 Å². The Morgan fingerprint density at radius 1 is 0.512 bits per heavy atom. The summed E-state index contributed by atoms with van der Waals surface area (Å²) >= 11 is 0. The standard InChI is InChI=1S/C36H45Si.3ClH.Ti/c1-10-37(11-2,12-3)35-14-13-31(24-35)36(32-18-25(4)15-26(5)19-32,33-20-27(6)16-28(7)21-33)34-22-29(8)17-30(9)23-34;;;;/h13-24H,10-12H2,1-9H3;3*1H;/q-1;;;;+4/p-3. The molecule has 0 aliphatic carbocycles. The Morgan fingerprint density at radius 2 is 0.805 bits per heavy atom. The molecule has 0 aromatic heterocycles. The van der Waals surface area contributed by atoms with Crippen molar-refractivity contribution in [2.45, 2.75) is 85.9 Å². The van der Waals surface area contributed by atoms with E-state index in [1.807, 2.05) is 0 Å². The molecule has 0 saturated carbocycles. The van der Waals surface area contributed by atoms with Gasteiger partial charge in [0.25, 0.3) is 0 Å². The van der Waals surface area contributed by atoms with Gasteiger partial charge >= 0.3 is 21.7 Å². The SMILES string of the molecule is CC[Si](CC)(CC)[c-]1ccc(C(c2cc(C)cc(C)c2)(c2cc(C)cc(C)c2)c2cc(C)cc(C)c2)c1.[Cl-].[Cl-].[Cl-].[Ti+4]. The Bertz CT molecular complexity index is 1220. The third kappa shape index (κ3) is 7.67.